The first kappa shape index (κ1) is 19.2. The second-order valence-electron chi connectivity index (χ2n) is 7.32. The van der Waals surface area contributed by atoms with Crippen molar-refractivity contribution in [1.29, 1.82) is 0 Å². The predicted octanol–water partition coefficient (Wildman–Crippen LogP) is 6.32. The number of hydrogen-bond acceptors (Lipinski definition) is 3. The van der Waals surface area contributed by atoms with Crippen LogP contribution in [0.15, 0.2) is 97.2 Å². The zero-order chi connectivity index (χ0) is 21.2. The molecule has 3 aromatic carbocycles. The number of nitrogens with one attached hydrogen (secondary N) is 1. The summed E-state index contributed by atoms with van der Waals surface area (Å²) in [5, 5.41) is 11.0. The van der Waals surface area contributed by atoms with E-state index in [2.05, 4.69) is 47.8 Å². The average molecular weight is 421 g/mol. The number of benzene rings is 3. The van der Waals surface area contributed by atoms with Crippen molar-refractivity contribution in [3.8, 4) is 22.5 Å². The van der Waals surface area contributed by atoms with Crippen molar-refractivity contribution in [3.05, 3.63) is 103 Å². The van der Waals surface area contributed by atoms with E-state index in [1.165, 1.54) is 10.8 Å². The Morgan fingerprint density at radius 3 is 2.39 bits per heavy atom. The van der Waals surface area contributed by atoms with Crippen molar-refractivity contribution in [2.24, 2.45) is 0 Å². The Morgan fingerprint density at radius 1 is 0.806 bits per heavy atom. The van der Waals surface area contributed by atoms with Gasteiger partial charge in [-0.3, -0.25) is 4.98 Å². The first-order chi connectivity index (χ1) is 15.2. The number of hydrogen-bond donors (Lipinski definition) is 1. The van der Waals surface area contributed by atoms with Crippen molar-refractivity contribution in [2.45, 2.75) is 6.92 Å². The maximum Gasteiger partial charge on any atom is 0.198 e. The first-order valence-electron chi connectivity index (χ1n) is 10.1. The number of thiocarbonyl (C=S) groups is 1. The molecule has 0 amide bonds. The van der Waals surface area contributed by atoms with E-state index in [-0.39, 0.29) is 0 Å². The average Bonchev–Trinajstić information content (AvgIpc) is 3.25. The van der Waals surface area contributed by atoms with Crippen LogP contribution in [0.5, 0.6) is 0 Å². The molecule has 0 aliphatic rings. The molecule has 0 unspecified atom stereocenters. The van der Waals surface area contributed by atoms with Gasteiger partial charge in [0.05, 0.1) is 5.69 Å². The molecule has 4 nitrogen and oxygen atoms in total. The molecule has 31 heavy (non-hydrogen) atoms. The quantitative estimate of drug-likeness (QED) is 0.347. The van der Waals surface area contributed by atoms with Crippen molar-refractivity contribution in [3.63, 3.8) is 0 Å². The molecule has 5 aromatic rings. The smallest absolute Gasteiger partial charge is 0.198 e. The number of aromatic nitrogens is 3. The van der Waals surface area contributed by atoms with Crippen LogP contribution in [0.1, 0.15) is 5.69 Å². The Kier molecular flexibility index (Phi) is 5.02. The third-order valence-corrected chi connectivity index (χ3v) is 5.45. The van der Waals surface area contributed by atoms with E-state index in [9.17, 15) is 0 Å². The number of nitrogens with zero attached hydrogens (tertiary/aromatic N) is 3. The molecule has 5 rings (SSSR count). The van der Waals surface area contributed by atoms with E-state index in [1.54, 1.807) is 4.68 Å². The summed E-state index contributed by atoms with van der Waals surface area (Å²) in [6, 6.07) is 30.5. The molecule has 0 saturated heterocycles. The number of pyridine rings is 1. The molecule has 2 heterocycles. The van der Waals surface area contributed by atoms with Gasteiger partial charge in [-0.1, -0.05) is 66.7 Å². The van der Waals surface area contributed by atoms with Crippen LogP contribution in [0.3, 0.4) is 0 Å². The minimum Gasteiger partial charge on any atom is -0.331 e. The van der Waals surface area contributed by atoms with E-state index in [0.717, 1.165) is 33.9 Å². The molecule has 0 aliphatic heterocycles. The second kappa shape index (κ2) is 8.13. The Balaban J connectivity index is 1.66. The molecular formula is C26H20N4S. The lowest BCUT2D eigenvalue weighted by Crippen LogP contribution is -2.19. The summed E-state index contributed by atoms with van der Waals surface area (Å²) >= 11 is 5.67. The van der Waals surface area contributed by atoms with E-state index in [0.29, 0.717) is 5.11 Å². The maximum absolute atomic E-state index is 5.67. The third-order valence-electron chi connectivity index (χ3n) is 5.16. The van der Waals surface area contributed by atoms with Crippen LogP contribution < -0.4 is 5.32 Å². The fourth-order valence-electron chi connectivity index (χ4n) is 3.70. The van der Waals surface area contributed by atoms with E-state index >= 15 is 0 Å². The van der Waals surface area contributed by atoms with Crippen molar-refractivity contribution >= 4 is 33.8 Å². The summed E-state index contributed by atoms with van der Waals surface area (Å²) in [6.45, 7) is 1.99. The van der Waals surface area contributed by atoms with Crippen molar-refractivity contribution < 1.29 is 0 Å². The molecule has 0 spiro atoms. The van der Waals surface area contributed by atoms with Crippen LogP contribution in [0.2, 0.25) is 0 Å². The normalized spacial score (nSPS) is 10.9. The lowest BCUT2D eigenvalue weighted by atomic mass is 9.98. The highest BCUT2D eigenvalue weighted by molar-refractivity contribution is 7.80. The highest BCUT2D eigenvalue weighted by Gasteiger charge is 2.18. The van der Waals surface area contributed by atoms with Crippen LogP contribution in [-0.4, -0.2) is 19.9 Å². The zero-order valence-electron chi connectivity index (χ0n) is 17.0. The van der Waals surface area contributed by atoms with Gasteiger partial charge in [0.25, 0.3) is 0 Å². The van der Waals surface area contributed by atoms with Gasteiger partial charge in [0.15, 0.2) is 5.11 Å². The summed E-state index contributed by atoms with van der Waals surface area (Å²) in [6.07, 6.45) is 1.99. The minimum atomic E-state index is 0.506. The zero-order valence-corrected chi connectivity index (χ0v) is 17.8. The summed E-state index contributed by atoms with van der Waals surface area (Å²) < 4.78 is 1.72. The van der Waals surface area contributed by atoms with Gasteiger partial charge in [-0.05, 0) is 59.7 Å². The van der Waals surface area contributed by atoms with Crippen LogP contribution in [0.4, 0.5) is 5.69 Å². The predicted molar refractivity (Wildman–Crippen MR) is 131 cm³/mol. The van der Waals surface area contributed by atoms with Gasteiger partial charge in [0, 0.05) is 23.1 Å². The number of aryl methyl sites for hydroxylation is 1. The van der Waals surface area contributed by atoms with Gasteiger partial charge in [0.1, 0.15) is 5.69 Å². The van der Waals surface area contributed by atoms with Crippen LogP contribution in [0.25, 0.3) is 33.3 Å². The van der Waals surface area contributed by atoms with Gasteiger partial charge in [-0.15, -0.1) is 0 Å². The number of anilines is 1. The number of fused-ring (bicyclic) bond motifs is 1. The molecule has 150 valence electrons. The highest BCUT2D eigenvalue weighted by atomic mass is 32.1. The highest BCUT2D eigenvalue weighted by Crippen LogP contribution is 2.35. The maximum atomic E-state index is 5.67. The molecular weight excluding hydrogens is 400 g/mol. The van der Waals surface area contributed by atoms with E-state index in [1.807, 2.05) is 61.7 Å². The second-order valence-corrected chi connectivity index (χ2v) is 7.71. The molecule has 0 atom stereocenters. The fourth-order valence-corrected chi connectivity index (χ4v) is 3.91. The summed E-state index contributed by atoms with van der Waals surface area (Å²) in [5.41, 5.74) is 5.59. The van der Waals surface area contributed by atoms with Gasteiger partial charge in [0.2, 0.25) is 0 Å². The fraction of sp³-hybridized carbons (Fsp3) is 0.0385. The first-order valence-corrected chi connectivity index (χ1v) is 10.5. The summed E-state index contributed by atoms with van der Waals surface area (Å²) in [7, 11) is 0. The Bertz CT molecular complexity index is 1380. The van der Waals surface area contributed by atoms with Gasteiger partial charge in [-0.25, -0.2) is 4.68 Å². The summed E-state index contributed by atoms with van der Waals surface area (Å²) in [5.74, 6) is 0. The molecule has 0 saturated carbocycles. The molecule has 0 fully saturated rings. The monoisotopic (exact) mass is 420 g/mol. The van der Waals surface area contributed by atoms with Crippen LogP contribution in [0, 0.1) is 6.92 Å². The minimum absolute atomic E-state index is 0.506. The van der Waals surface area contributed by atoms with Gasteiger partial charge in [-0.2, -0.15) is 5.10 Å². The molecule has 0 aliphatic carbocycles. The SMILES string of the molecule is Cc1cccc(-c2nn(C(=S)Nc3ccccc3)cc2-c2cccc3ccccc23)n1. The molecule has 5 heteroatoms. The Labute approximate surface area is 186 Å². The number of rotatable bonds is 3. The Morgan fingerprint density at radius 2 is 1.55 bits per heavy atom. The van der Waals surface area contributed by atoms with Crippen molar-refractivity contribution in [2.75, 3.05) is 5.32 Å². The van der Waals surface area contributed by atoms with E-state index < -0.39 is 0 Å². The van der Waals surface area contributed by atoms with Crippen LogP contribution in [-0.2, 0) is 0 Å². The Hall–Kier alpha value is -3.83. The third kappa shape index (κ3) is 3.83. The molecule has 0 radical (unpaired) electrons. The van der Waals surface area contributed by atoms with Gasteiger partial charge < -0.3 is 5.32 Å². The lowest BCUT2D eigenvalue weighted by Gasteiger charge is -2.07. The van der Waals surface area contributed by atoms with Crippen molar-refractivity contribution in [1.82, 2.24) is 14.8 Å². The number of para-hydroxylation sites is 1. The van der Waals surface area contributed by atoms with Gasteiger partial charge >= 0.3 is 0 Å². The molecule has 1 N–H and O–H groups in total. The van der Waals surface area contributed by atoms with E-state index in [4.69, 9.17) is 22.3 Å². The van der Waals surface area contributed by atoms with Crippen LogP contribution >= 0.6 is 12.2 Å². The standard InChI is InChI=1S/C26H20N4S/c1-18-9-7-16-24(27-18)25-23(22-15-8-11-19-10-5-6-14-21(19)22)17-30(29-25)26(31)28-20-12-3-2-4-13-20/h2-17H,1H3,(H,28,31). The molecule has 0 bridgehead atoms. The topological polar surface area (TPSA) is 42.7 Å². The largest absolute Gasteiger partial charge is 0.331 e. The summed E-state index contributed by atoms with van der Waals surface area (Å²) in [4.78, 5) is 4.73. The molecule has 2 aromatic heterocycles. The lowest BCUT2D eigenvalue weighted by molar-refractivity contribution is 0.947.